The van der Waals surface area contributed by atoms with Gasteiger partial charge in [0.05, 0.1) is 11.6 Å². The molecule has 2 unspecified atom stereocenters. The number of carbonyl (C=O) groups is 1. The third kappa shape index (κ3) is 4.14. The molecule has 1 heterocycles. The van der Waals surface area contributed by atoms with Crippen LogP contribution in [-0.4, -0.2) is 23.4 Å². The summed E-state index contributed by atoms with van der Waals surface area (Å²) in [5.74, 6) is -1.07. The van der Waals surface area contributed by atoms with Crippen LogP contribution in [0.5, 0.6) is 11.5 Å². The second-order valence-electron chi connectivity index (χ2n) is 9.83. The molecule has 3 aliphatic carbocycles. The van der Waals surface area contributed by atoms with Crippen LogP contribution in [0, 0.1) is 5.92 Å². The predicted octanol–water partition coefficient (Wildman–Crippen LogP) is 5.98. The fourth-order valence-electron chi connectivity index (χ4n) is 5.58. The molecule has 1 fully saturated rings. The number of hydrogen-bond acceptors (Lipinski definition) is 4. The first-order valence-electron chi connectivity index (χ1n) is 11.9. The Bertz CT molecular complexity index is 1140. The highest BCUT2D eigenvalue weighted by Crippen LogP contribution is 2.55. The molecule has 0 amide bonds. The summed E-state index contributed by atoms with van der Waals surface area (Å²) in [6.45, 7) is 6.06. The lowest BCUT2D eigenvalue weighted by Crippen LogP contribution is -2.35. The number of nitrogens with one attached hydrogen (secondary N) is 1. The Balaban J connectivity index is 1.34. The molecular formula is C27H29F2NO4. The molecule has 0 bridgehead atoms. The third-order valence-corrected chi connectivity index (χ3v) is 7.61. The van der Waals surface area contributed by atoms with Crippen LogP contribution in [0.4, 0.5) is 8.78 Å². The van der Waals surface area contributed by atoms with Gasteiger partial charge < -0.3 is 19.9 Å². The minimum absolute atomic E-state index is 0.0413. The van der Waals surface area contributed by atoms with E-state index in [-0.39, 0.29) is 23.0 Å². The minimum Gasteiger partial charge on any atom is -0.481 e. The summed E-state index contributed by atoms with van der Waals surface area (Å²) in [4.78, 5) is 11.5. The van der Waals surface area contributed by atoms with Crippen molar-refractivity contribution in [2.75, 3.05) is 0 Å². The standard InChI is InChI=1S/C27H29F2NO4/c1-3-24(26(11-12-26)19-8-10-22-23(14-19)34-27(28,29)33-22)30-20-9-7-16(2)21(15-20)17-5-4-6-18(13-17)25(31)32/h8,10,13-14,18,20,30H,1,4-7,9,11-12,15H2,2H3,(H,31,32). The Morgan fingerprint density at radius 1 is 1.21 bits per heavy atom. The number of halogens is 2. The van der Waals surface area contributed by atoms with Gasteiger partial charge in [0, 0.05) is 11.5 Å². The molecule has 0 spiro atoms. The average Bonchev–Trinajstić information content (AvgIpc) is 3.55. The molecule has 5 nitrogen and oxygen atoms in total. The zero-order chi connectivity index (χ0) is 24.1. The van der Waals surface area contributed by atoms with Gasteiger partial charge in [0.2, 0.25) is 0 Å². The molecule has 4 aliphatic rings. The maximum absolute atomic E-state index is 13.5. The van der Waals surface area contributed by atoms with E-state index in [4.69, 9.17) is 0 Å². The number of allylic oxidation sites excluding steroid dienone is 3. The molecular weight excluding hydrogens is 440 g/mol. The van der Waals surface area contributed by atoms with Crippen LogP contribution in [0.2, 0.25) is 0 Å². The van der Waals surface area contributed by atoms with Crippen molar-refractivity contribution in [3.05, 3.63) is 64.6 Å². The maximum atomic E-state index is 13.5. The Hall–Kier alpha value is -3.05. The van der Waals surface area contributed by atoms with Gasteiger partial charge in [0.25, 0.3) is 0 Å². The molecule has 1 aromatic carbocycles. The lowest BCUT2D eigenvalue weighted by molar-refractivity contribution is -0.286. The van der Waals surface area contributed by atoms with Crippen LogP contribution in [0.3, 0.4) is 0 Å². The molecule has 1 aliphatic heterocycles. The van der Waals surface area contributed by atoms with Gasteiger partial charge in [-0.15, -0.1) is 14.5 Å². The number of rotatable bonds is 6. The van der Waals surface area contributed by atoms with Crippen LogP contribution in [0.25, 0.3) is 0 Å². The quantitative estimate of drug-likeness (QED) is 0.502. The largest absolute Gasteiger partial charge is 0.586 e. The number of fused-ring (bicyclic) bond motifs is 1. The third-order valence-electron chi connectivity index (χ3n) is 7.61. The molecule has 1 aromatic rings. The minimum atomic E-state index is -3.64. The monoisotopic (exact) mass is 469 g/mol. The predicted molar refractivity (Wildman–Crippen MR) is 123 cm³/mol. The van der Waals surface area contributed by atoms with E-state index in [9.17, 15) is 18.7 Å². The van der Waals surface area contributed by atoms with E-state index in [0.717, 1.165) is 56.2 Å². The number of aliphatic carboxylic acids is 1. The van der Waals surface area contributed by atoms with E-state index in [2.05, 4.69) is 34.0 Å². The summed E-state index contributed by atoms with van der Waals surface area (Å²) in [6, 6.07) is 5.15. The maximum Gasteiger partial charge on any atom is 0.586 e. The molecule has 0 radical (unpaired) electrons. The van der Waals surface area contributed by atoms with Crippen molar-refractivity contribution in [3.63, 3.8) is 0 Å². The molecule has 180 valence electrons. The van der Waals surface area contributed by atoms with E-state index >= 15 is 0 Å². The summed E-state index contributed by atoms with van der Waals surface area (Å²) < 4.78 is 36.2. The second-order valence-corrected chi connectivity index (χ2v) is 9.83. The SMILES string of the molecule is C=C=C(NC1CCC(C)=C(C2=CC(C(=O)O)CCC2)C1)C1(c2ccc3c(c2)OC(F)(F)O3)CC1. The molecule has 2 N–H and O–H groups in total. The van der Waals surface area contributed by atoms with Crippen molar-refractivity contribution < 1.29 is 28.2 Å². The van der Waals surface area contributed by atoms with Crippen LogP contribution < -0.4 is 14.8 Å². The number of hydrogen-bond donors (Lipinski definition) is 2. The molecule has 2 atom stereocenters. The molecule has 34 heavy (non-hydrogen) atoms. The van der Waals surface area contributed by atoms with Crippen LogP contribution in [0.1, 0.15) is 63.9 Å². The molecule has 0 saturated heterocycles. The van der Waals surface area contributed by atoms with E-state index in [1.165, 1.54) is 22.8 Å². The van der Waals surface area contributed by atoms with E-state index in [1.54, 1.807) is 6.07 Å². The number of carboxylic acid groups (broad SMARTS) is 1. The van der Waals surface area contributed by atoms with Gasteiger partial charge in [-0.2, -0.15) is 0 Å². The van der Waals surface area contributed by atoms with Crippen LogP contribution in [0.15, 0.2) is 59.0 Å². The van der Waals surface area contributed by atoms with Gasteiger partial charge in [0.1, 0.15) is 0 Å². The van der Waals surface area contributed by atoms with Gasteiger partial charge in [-0.25, -0.2) is 0 Å². The first-order valence-corrected chi connectivity index (χ1v) is 11.9. The highest BCUT2D eigenvalue weighted by molar-refractivity contribution is 5.73. The summed E-state index contributed by atoms with van der Waals surface area (Å²) in [7, 11) is 0. The Kier molecular flexibility index (Phi) is 5.56. The summed E-state index contributed by atoms with van der Waals surface area (Å²) in [5, 5.41) is 13.1. The van der Waals surface area contributed by atoms with Gasteiger partial charge in [0.15, 0.2) is 11.5 Å². The van der Waals surface area contributed by atoms with E-state index < -0.39 is 18.2 Å². The number of ether oxygens (including phenoxy) is 2. The first kappa shape index (κ1) is 22.7. The van der Waals surface area contributed by atoms with Crippen molar-refractivity contribution in [2.45, 2.75) is 76.0 Å². The van der Waals surface area contributed by atoms with Gasteiger partial charge in [-0.1, -0.05) is 24.3 Å². The molecule has 7 heteroatoms. The highest BCUT2D eigenvalue weighted by atomic mass is 19.3. The number of carboxylic acids is 1. The first-order chi connectivity index (χ1) is 16.2. The Morgan fingerprint density at radius 3 is 2.68 bits per heavy atom. The molecule has 5 rings (SSSR count). The fraction of sp³-hybridized carbons (Fsp3) is 0.481. The summed E-state index contributed by atoms with van der Waals surface area (Å²) in [6.07, 6.45) is 5.27. The average molecular weight is 470 g/mol. The normalized spacial score (nSPS) is 26.4. The highest BCUT2D eigenvalue weighted by Gasteiger charge is 2.50. The number of alkyl halides is 2. The van der Waals surface area contributed by atoms with Crippen molar-refractivity contribution in [2.24, 2.45) is 5.92 Å². The van der Waals surface area contributed by atoms with E-state index in [1.807, 2.05) is 12.1 Å². The van der Waals surface area contributed by atoms with Crippen molar-refractivity contribution in [3.8, 4) is 11.5 Å². The van der Waals surface area contributed by atoms with E-state index in [0.29, 0.717) is 6.42 Å². The van der Waals surface area contributed by atoms with Crippen LogP contribution >= 0.6 is 0 Å². The lowest BCUT2D eigenvalue weighted by atomic mass is 9.79. The zero-order valence-electron chi connectivity index (χ0n) is 19.3. The topological polar surface area (TPSA) is 67.8 Å². The van der Waals surface area contributed by atoms with Crippen molar-refractivity contribution in [1.29, 1.82) is 0 Å². The Labute approximate surface area is 197 Å². The summed E-state index contributed by atoms with van der Waals surface area (Å²) in [5.41, 5.74) is 8.28. The van der Waals surface area contributed by atoms with Crippen LogP contribution in [-0.2, 0) is 10.2 Å². The smallest absolute Gasteiger partial charge is 0.481 e. The zero-order valence-corrected chi connectivity index (χ0v) is 19.3. The van der Waals surface area contributed by atoms with Crippen molar-refractivity contribution >= 4 is 5.97 Å². The van der Waals surface area contributed by atoms with Crippen molar-refractivity contribution in [1.82, 2.24) is 5.32 Å². The fourth-order valence-corrected chi connectivity index (χ4v) is 5.58. The van der Waals surface area contributed by atoms with Gasteiger partial charge >= 0.3 is 12.3 Å². The lowest BCUT2D eigenvalue weighted by Gasteiger charge is -2.32. The molecule has 0 aromatic heterocycles. The molecule has 1 saturated carbocycles. The summed E-state index contributed by atoms with van der Waals surface area (Å²) >= 11 is 0. The number of benzene rings is 1. The second kappa shape index (κ2) is 8.31. The van der Waals surface area contributed by atoms with Gasteiger partial charge in [-0.05, 0) is 87.1 Å². The van der Waals surface area contributed by atoms with Gasteiger partial charge in [-0.3, -0.25) is 4.79 Å². The Morgan fingerprint density at radius 2 is 1.97 bits per heavy atom.